The molecule has 12 heavy (non-hydrogen) atoms. The van der Waals surface area contributed by atoms with Crippen LogP contribution in [0.5, 0.6) is 0 Å². The Morgan fingerprint density at radius 1 is 1.58 bits per heavy atom. The van der Waals surface area contributed by atoms with Crippen LogP contribution >= 0.6 is 0 Å². The second-order valence-electron chi connectivity index (χ2n) is 3.24. The van der Waals surface area contributed by atoms with Gasteiger partial charge < -0.3 is 14.9 Å². The molecule has 1 heterocycles. The van der Waals surface area contributed by atoms with E-state index in [2.05, 4.69) is 0 Å². The van der Waals surface area contributed by atoms with Crippen molar-refractivity contribution in [2.75, 3.05) is 13.2 Å². The van der Waals surface area contributed by atoms with Crippen molar-refractivity contribution < 1.29 is 14.9 Å². The van der Waals surface area contributed by atoms with Crippen molar-refractivity contribution in [1.29, 1.82) is 0 Å². The van der Waals surface area contributed by atoms with E-state index in [9.17, 15) is 5.11 Å². The van der Waals surface area contributed by atoms with Gasteiger partial charge in [-0.15, -0.1) is 0 Å². The molecule has 2 aliphatic rings. The zero-order valence-corrected chi connectivity index (χ0v) is 6.68. The molecule has 3 nitrogen and oxygen atoms in total. The van der Waals surface area contributed by atoms with Gasteiger partial charge in [-0.05, 0) is 11.6 Å². The van der Waals surface area contributed by atoms with Gasteiger partial charge in [0.05, 0.1) is 25.6 Å². The van der Waals surface area contributed by atoms with E-state index in [1.54, 1.807) is 12.3 Å². The maximum atomic E-state index is 9.53. The Bertz CT molecular complexity index is 232. The molecular formula is C9H12O3. The molecule has 0 aromatic rings. The average Bonchev–Trinajstić information content (AvgIpc) is 2.44. The van der Waals surface area contributed by atoms with Gasteiger partial charge in [0.1, 0.15) is 0 Å². The fraction of sp³-hybridized carbons (Fsp3) is 0.556. The second kappa shape index (κ2) is 2.92. The van der Waals surface area contributed by atoms with Crippen LogP contribution in [-0.4, -0.2) is 29.5 Å². The lowest BCUT2D eigenvalue weighted by Crippen LogP contribution is -2.25. The number of aliphatic hydroxyl groups is 2. The third-order valence-corrected chi connectivity index (χ3v) is 2.58. The largest absolute Gasteiger partial charge is 0.501 e. The van der Waals surface area contributed by atoms with E-state index in [0.717, 1.165) is 5.57 Å². The topological polar surface area (TPSA) is 49.7 Å². The van der Waals surface area contributed by atoms with Gasteiger partial charge in [-0.1, -0.05) is 6.08 Å². The van der Waals surface area contributed by atoms with E-state index < -0.39 is 6.10 Å². The first kappa shape index (κ1) is 7.83. The first-order chi connectivity index (χ1) is 5.83. The third-order valence-electron chi connectivity index (χ3n) is 2.58. The van der Waals surface area contributed by atoms with Crippen LogP contribution in [0.2, 0.25) is 0 Å². The van der Waals surface area contributed by atoms with Crippen LogP contribution in [0.1, 0.15) is 0 Å². The van der Waals surface area contributed by atoms with Gasteiger partial charge >= 0.3 is 0 Å². The normalized spacial score (nSPS) is 38.8. The highest BCUT2D eigenvalue weighted by Gasteiger charge is 2.35. The van der Waals surface area contributed by atoms with Crippen molar-refractivity contribution in [3.8, 4) is 0 Å². The number of fused-ring (bicyclic) bond motifs is 1. The molecule has 2 rings (SSSR count). The van der Waals surface area contributed by atoms with Crippen LogP contribution in [0.15, 0.2) is 24.0 Å². The van der Waals surface area contributed by atoms with Gasteiger partial charge in [-0.3, -0.25) is 0 Å². The molecule has 3 atom stereocenters. The maximum absolute atomic E-state index is 9.53. The highest BCUT2D eigenvalue weighted by molar-refractivity contribution is 5.24. The van der Waals surface area contributed by atoms with Gasteiger partial charge in [0.2, 0.25) is 0 Å². The maximum Gasteiger partial charge on any atom is 0.0946 e. The molecule has 0 saturated heterocycles. The Kier molecular flexibility index (Phi) is 1.90. The van der Waals surface area contributed by atoms with Gasteiger partial charge in [0.15, 0.2) is 0 Å². The van der Waals surface area contributed by atoms with E-state index in [0.29, 0.717) is 6.61 Å². The SMILES string of the molecule is OCC1=CC(O)C2C=COCC12. The summed E-state index contributed by atoms with van der Waals surface area (Å²) >= 11 is 0. The monoisotopic (exact) mass is 168 g/mol. The Balaban J connectivity index is 2.21. The summed E-state index contributed by atoms with van der Waals surface area (Å²) in [6.07, 6.45) is 4.77. The van der Waals surface area contributed by atoms with Gasteiger partial charge in [-0.2, -0.15) is 0 Å². The van der Waals surface area contributed by atoms with Crippen molar-refractivity contribution in [1.82, 2.24) is 0 Å². The van der Waals surface area contributed by atoms with Crippen molar-refractivity contribution in [3.63, 3.8) is 0 Å². The zero-order chi connectivity index (χ0) is 8.55. The van der Waals surface area contributed by atoms with Crippen LogP contribution in [-0.2, 0) is 4.74 Å². The summed E-state index contributed by atoms with van der Waals surface area (Å²) in [4.78, 5) is 0. The molecule has 66 valence electrons. The van der Waals surface area contributed by atoms with Crippen molar-refractivity contribution in [2.24, 2.45) is 11.8 Å². The quantitative estimate of drug-likeness (QED) is 0.544. The van der Waals surface area contributed by atoms with Crippen molar-refractivity contribution >= 4 is 0 Å². The Labute approximate surface area is 71.0 Å². The number of rotatable bonds is 1. The Morgan fingerprint density at radius 2 is 2.42 bits per heavy atom. The molecule has 0 spiro atoms. The van der Waals surface area contributed by atoms with E-state index in [1.165, 1.54) is 0 Å². The molecule has 0 bridgehead atoms. The van der Waals surface area contributed by atoms with E-state index >= 15 is 0 Å². The predicted octanol–water partition coefficient (Wildman–Crippen LogP) is 0.0559. The smallest absolute Gasteiger partial charge is 0.0946 e. The summed E-state index contributed by atoms with van der Waals surface area (Å²) in [5.74, 6) is 0.288. The molecule has 0 fully saturated rings. The molecule has 0 saturated carbocycles. The van der Waals surface area contributed by atoms with Crippen LogP contribution < -0.4 is 0 Å². The Hall–Kier alpha value is -0.800. The molecule has 0 radical (unpaired) electrons. The lowest BCUT2D eigenvalue weighted by molar-refractivity contribution is 0.105. The first-order valence-corrected chi connectivity index (χ1v) is 4.10. The summed E-state index contributed by atoms with van der Waals surface area (Å²) in [6.45, 7) is 0.597. The first-order valence-electron chi connectivity index (χ1n) is 4.10. The fourth-order valence-corrected chi connectivity index (χ4v) is 1.88. The molecule has 2 N–H and O–H groups in total. The van der Waals surface area contributed by atoms with Gasteiger partial charge in [0.25, 0.3) is 0 Å². The molecule has 0 amide bonds. The molecule has 0 aromatic heterocycles. The summed E-state index contributed by atoms with van der Waals surface area (Å²) in [6, 6.07) is 0. The van der Waals surface area contributed by atoms with Crippen LogP contribution in [0, 0.1) is 11.8 Å². The minimum absolute atomic E-state index is 0.0232. The number of hydrogen-bond donors (Lipinski definition) is 2. The average molecular weight is 168 g/mol. The number of aliphatic hydroxyl groups excluding tert-OH is 2. The standard InChI is InChI=1S/C9H12O3/c10-4-6-3-9(11)7-1-2-12-5-8(6)7/h1-3,7-11H,4-5H2. The van der Waals surface area contributed by atoms with Crippen LogP contribution in [0.25, 0.3) is 0 Å². The van der Waals surface area contributed by atoms with Crippen molar-refractivity contribution in [3.05, 3.63) is 24.0 Å². The highest BCUT2D eigenvalue weighted by atomic mass is 16.5. The van der Waals surface area contributed by atoms with Crippen LogP contribution in [0.4, 0.5) is 0 Å². The Morgan fingerprint density at radius 3 is 3.17 bits per heavy atom. The predicted molar refractivity (Wildman–Crippen MR) is 43.2 cm³/mol. The van der Waals surface area contributed by atoms with Crippen molar-refractivity contribution in [2.45, 2.75) is 6.10 Å². The molecule has 3 heteroatoms. The molecule has 1 aliphatic carbocycles. The minimum Gasteiger partial charge on any atom is -0.501 e. The van der Waals surface area contributed by atoms with Crippen LogP contribution in [0.3, 0.4) is 0 Å². The third kappa shape index (κ3) is 1.06. The number of hydrogen-bond acceptors (Lipinski definition) is 3. The van der Waals surface area contributed by atoms with E-state index in [4.69, 9.17) is 9.84 Å². The minimum atomic E-state index is -0.447. The highest BCUT2D eigenvalue weighted by Crippen LogP contribution is 2.35. The lowest BCUT2D eigenvalue weighted by Gasteiger charge is -2.24. The fourth-order valence-electron chi connectivity index (χ4n) is 1.88. The lowest BCUT2D eigenvalue weighted by atomic mass is 9.90. The zero-order valence-electron chi connectivity index (χ0n) is 6.68. The molecule has 0 aromatic carbocycles. The van der Waals surface area contributed by atoms with E-state index in [-0.39, 0.29) is 18.4 Å². The summed E-state index contributed by atoms with van der Waals surface area (Å²) in [5.41, 5.74) is 0.900. The molecule has 3 unspecified atom stereocenters. The molecule has 1 aliphatic heterocycles. The summed E-state index contributed by atoms with van der Waals surface area (Å²) in [5, 5.41) is 18.5. The van der Waals surface area contributed by atoms with Gasteiger partial charge in [0, 0.05) is 11.8 Å². The summed E-state index contributed by atoms with van der Waals surface area (Å²) in [7, 11) is 0. The molecular weight excluding hydrogens is 156 g/mol. The van der Waals surface area contributed by atoms with E-state index in [1.807, 2.05) is 6.08 Å². The number of ether oxygens (including phenoxy) is 1. The van der Waals surface area contributed by atoms with Gasteiger partial charge in [-0.25, -0.2) is 0 Å². The second-order valence-corrected chi connectivity index (χ2v) is 3.24. The summed E-state index contributed by atoms with van der Waals surface area (Å²) < 4.78 is 5.12.